The summed E-state index contributed by atoms with van der Waals surface area (Å²) >= 11 is 0. The van der Waals surface area contributed by atoms with Crippen molar-refractivity contribution in [3.63, 3.8) is 0 Å². The lowest BCUT2D eigenvalue weighted by Crippen LogP contribution is -2.20. The predicted molar refractivity (Wildman–Crippen MR) is 104 cm³/mol. The Bertz CT molecular complexity index is 992. The molecule has 5 nitrogen and oxygen atoms in total. The van der Waals surface area contributed by atoms with Crippen LogP contribution in [0.3, 0.4) is 0 Å². The van der Waals surface area contributed by atoms with Gasteiger partial charge in [0, 0.05) is 19.0 Å². The number of ketones is 1. The van der Waals surface area contributed by atoms with Crippen LogP contribution in [0.2, 0.25) is 0 Å². The normalized spacial score (nSPS) is 16.1. The fourth-order valence-corrected chi connectivity index (χ4v) is 3.86. The zero-order valence-electron chi connectivity index (χ0n) is 15.7. The Hall–Kier alpha value is -3.08. The number of carbonyl (C=O) groups is 1. The standard InChI is InChI=1S/C22H22N2O3/c1-24-17-11-16(14-7-5-4-6-8-14)12-18(25)21(17)22(23-24)15-9-10-19(26-2)20(13-15)27-3/h4-10,13,16H,11-12H2,1-3H3/t16-/m1/s1. The van der Waals surface area contributed by atoms with Gasteiger partial charge < -0.3 is 9.47 Å². The van der Waals surface area contributed by atoms with Crippen LogP contribution in [0.15, 0.2) is 48.5 Å². The van der Waals surface area contributed by atoms with Crippen molar-refractivity contribution in [1.29, 1.82) is 0 Å². The van der Waals surface area contributed by atoms with Crippen LogP contribution < -0.4 is 9.47 Å². The number of aromatic nitrogens is 2. The van der Waals surface area contributed by atoms with Crippen LogP contribution in [-0.4, -0.2) is 29.8 Å². The number of ether oxygens (including phenoxy) is 2. The molecule has 27 heavy (non-hydrogen) atoms. The number of rotatable bonds is 4. The minimum absolute atomic E-state index is 0.142. The van der Waals surface area contributed by atoms with E-state index >= 15 is 0 Å². The molecule has 138 valence electrons. The number of nitrogens with zero attached hydrogens (tertiary/aromatic N) is 2. The van der Waals surface area contributed by atoms with Crippen molar-refractivity contribution in [2.24, 2.45) is 7.05 Å². The Balaban J connectivity index is 1.76. The second kappa shape index (κ2) is 6.91. The molecular formula is C22H22N2O3. The lowest BCUT2D eigenvalue weighted by atomic mass is 9.81. The van der Waals surface area contributed by atoms with Gasteiger partial charge in [0.1, 0.15) is 5.69 Å². The first kappa shape index (κ1) is 17.3. The summed E-state index contributed by atoms with van der Waals surface area (Å²) < 4.78 is 12.6. The highest BCUT2D eigenvalue weighted by Crippen LogP contribution is 2.39. The third-order valence-electron chi connectivity index (χ3n) is 5.24. The predicted octanol–water partition coefficient (Wildman–Crippen LogP) is 4.02. The largest absolute Gasteiger partial charge is 0.493 e. The zero-order valence-corrected chi connectivity index (χ0v) is 15.7. The number of fused-ring (bicyclic) bond motifs is 1. The molecule has 0 N–H and O–H groups in total. The van der Waals surface area contributed by atoms with E-state index in [0.717, 1.165) is 23.2 Å². The third-order valence-corrected chi connectivity index (χ3v) is 5.24. The summed E-state index contributed by atoms with van der Waals surface area (Å²) in [6.45, 7) is 0. The zero-order chi connectivity index (χ0) is 19.0. The molecule has 3 aromatic rings. The summed E-state index contributed by atoms with van der Waals surface area (Å²) in [5.74, 6) is 1.61. The van der Waals surface area contributed by atoms with Gasteiger partial charge in [0.2, 0.25) is 0 Å². The number of benzene rings is 2. The molecular weight excluding hydrogens is 340 g/mol. The minimum atomic E-state index is 0.142. The molecule has 0 amide bonds. The molecule has 1 aromatic heterocycles. The van der Waals surface area contributed by atoms with Gasteiger partial charge in [0.15, 0.2) is 17.3 Å². The van der Waals surface area contributed by atoms with Crippen molar-refractivity contribution in [2.75, 3.05) is 14.2 Å². The molecule has 1 aliphatic rings. The van der Waals surface area contributed by atoms with Crippen molar-refractivity contribution in [3.05, 3.63) is 65.4 Å². The Labute approximate surface area is 158 Å². The van der Waals surface area contributed by atoms with Crippen LogP contribution in [-0.2, 0) is 13.5 Å². The van der Waals surface area contributed by atoms with Crippen molar-refractivity contribution in [3.8, 4) is 22.8 Å². The smallest absolute Gasteiger partial charge is 0.167 e. The molecule has 0 spiro atoms. The van der Waals surface area contributed by atoms with E-state index in [0.29, 0.717) is 23.6 Å². The minimum Gasteiger partial charge on any atom is -0.493 e. The van der Waals surface area contributed by atoms with Gasteiger partial charge in [0.05, 0.1) is 25.5 Å². The summed E-state index contributed by atoms with van der Waals surface area (Å²) in [7, 11) is 5.11. The van der Waals surface area contributed by atoms with Crippen molar-refractivity contribution in [2.45, 2.75) is 18.8 Å². The lowest BCUT2D eigenvalue weighted by molar-refractivity contribution is 0.0964. The quantitative estimate of drug-likeness (QED) is 0.703. The Kier molecular flexibility index (Phi) is 4.44. The number of Topliss-reactive ketones (excluding diaryl/α,β-unsaturated/α-hetero) is 1. The van der Waals surface area contributed by atoms with Gasteiger partial charge >= 0.3 is 0 Å². The summed E-state index contributed by atoms with van der Waals surface area (Å²) in [4.78, 5) is 13.0. The highest BCUT2D eigenvalue weighted by molar-refractivity contribution is 6.04. The van der Waals surface area contributed by atoms with E-state index in [1.807, 2.05) is 48.1 Å². The first-order chi connectivity index (χ1) is 13.1. The molecule has 1 heterocycles. The maximum atomic E-state index is 13.0. The average molecular weight is 362 g/mol. The highest BCUT2D eigenvalue weighted by Gasteiger charge is 2.32. The van der Waals surface area contributed by atoms with Gasteiger partial charge in [-0.2, -0.15) is 5.10 Å². The Morgan fingerprint density at radius 3 is 2.44 bits per heavy atom. The molecule has 0 radical (unpaired) electrons. The van der Waals surface area contributed by atoms with Crippen LogP contribution >= 0.6 is 0 Å². The summed E-state index contributed by atoms with van der Waals surface area (Å²) in [5.41, 5.74) is 4.49. The van der Waals surface area contributed by atoms with E-state index in [4.69, 9.17) is 9.47 Å². The SMILES string of the molecule is COc1ccc(-c2nn(C)c3c2C(=O)C[C@H](c2ccccc2)C3)cc1OC. The van der Waals surface area contributed by atoms with Crippen LogP contribution in [0, 0.1) is 0 Å². The maximum Gasteiger partial charge on any atom is 0.167 e. The molecule has 0 saturated heterocycles. The Morgan fingerprint density at radius 2 is 1.74 bits per heavy atom. The lowest BCUT2D eigenvalue weighted by Gasteiger charge is -2.22. The van der Waals surface area contributed by atoms with Crippen LogP contribution in [0.4, 0.5) is 0 Å². The first-order valence-corrected chi connectivity index (χ1v) is 8.98. The van der Waals surface area contributed by atoms with E-state index in [1.54, 1.807) is 14.2 Å². The second-order valence-corrected chi connectivity index (χ2v) is 6.80. The van der Waals surface area contributed by atoms with E-state index in [1.165, 1.54) is 5.56 Å². The summed E-state index contributed by atoms with van der Waals surface area (Å²) in [6.07, 6.45) is 1.31. The summed E-state index contributed by atoms with van der Waals surface area (Å²) in [6, 6.07) is 15.9. The van der Waals surface area contributed by atoms with Gasteiger partial charge in [0.25, 0.3) is 0 Å². The molecule has 0 unspecified atom stereocenters. The fourth-order valence-electron chi connectivity index (χ4n) is 3.86. The van der Waals surface area contributed by atoms with Crippen molar-refractivity contribution < 1.29 is 14.3 Å². The molecule has 2 aromatic carbocycles. The van der Waals surface area contributed by atoms with E-state index in [-0.39, 0.29) is 11.7 Å². The Morgan fingerprint density at radius 1 is 1.00 bits per heavy atom. The number of aryl methyl sites for hydroxylation is 1. The molecule has 1 atom stereocenters. The third kappa shape index (κ3) is 2.99. The number of hydrogen-bond donors (Lipinski definition) is 0. The number of methoxy groups -OCH3 is 2. The first-order valence-electron chi connectivity index (χ1n) is 8.98. The molecule has 0 aliphatic heterocycles. The van der Waals surface area contributed by atoms with Gasteiger partial charge in [-0.25, -0.2) is 0 Å². The molecule has 5 heteroatoms. The van der Waals surface area contributed by atoms with Gasteiger partial charge in [-0.1, -0.05) is 30.3 Å². The van der Waals surface area contributed by atoms with Gasteiger partial charge in [-0.3, -0.25) is 9.48 Å². The molecule has 1 aliphatic carbocycles. The van der Waals surface area contributed by atoms with Crippen molar-refractivity contribution >= 4 is 5.78 Å². The topological polar surface area (TPSA) is 53.4 Å². The van der Waals surface area contributed by atoms with E-state index in [2.05, 4.69) is 17.2 Å². The van der Waals surface area contributed by atoms with E-state index < -0.39 is 0 Å². The van der Waals surface area contributed by atoms with E-state index in [9.17, 15) is 4.79 Å². The van der Waals surface area contributed by atoms with Crippen LogP contribution in [0.1, 0.15) is 34.0 Å². The van der Waals surface area contributed by atoms with Gasteiger partial charge in [-0.15, -0.1) is 0 Å². The summed E-state index contributed by atoms with van der Waals surface area (Å²) in [5, 5.41) is 4.67. The number of hydrogen-bond acceptors (Lipinski definition) is 4. The highest BCUT2D eigenvalue weighted by atomic mass is 16.5. The van der Waals surface area contributed by atoms with Gasteiger partial charge in [-0.05, 0) is 36.1 Å². The second-order valence-electron chi connectivity index (χ2n) is 6.80. The molecule has 4 rings (SSSR count). The molecule has 0 saturated carbocycles. The van der Waals surface area contributed by atoms with Crippen LogP contribution in [0.25, 0.3) is 11.3 Å². The monoisotopic (exact) mass is 362 g/mol. The molecule has 0 bridgehead atoms. The van der Waals surface area contributed by atoms with Crippen molar-refractivity contribution in [1.82, 2.24) is 9.78 Å². The molecule has 0 fully saturated rings. The average Bonchev–Trinajstić information content (AvgIpc) is 3.05. The fraction of sp³-hybridized carbons (Fsp3) is 0.273. The maximum absolute atomic E-state index is 13.0. The van der Waals surface area contributed by atoms with Crippen LogP contribution in [0.5, 0.6) is 11.5 Å². The number of carbonyl (C=O) groups excluding carboxylic acids is 1.